The first-order valence-electron chi connectivity index (χ1n) is 10.9. The van der Waals surface area contributed by atoms with Crippen molar-refractivity contribution < 1.29 is 8.42 Å². The Kier molecular flexibility index (Phi) is 6.12. The van der Waals surface area contributed by atoms with Crippen molar-refractivity contribution in [2.24, 2.45) is 17.8 Å². The highest BCUT2D eigenvalue weighted by Crippen LogP contribution is 2.37. The van der Waals surface area contributed by atoms with Crippen LogP contribution in [0.25, 0.3) is 0 Å². The number of sulfonamides is 1. The fourth-order valence-corrected chi connectivity index (χ4v) is 6.32. The van der Waals surface area contributed by atoms with E-state index in [0.29, 0.717) is 17.5 Å². The van der Waals surface area contributed by atoms with Gasteiger partial charge < -0.3 is 4.90 Å². The lowest BCUT2D eigenvalue weighted by Crippen LogP contribution is -2.58. The first-order chi connectivity index (χ1) is 13.4. The number of rotatable bonds is 6. The predicted octanol–water partition coefficient (Wildman–Crippen LogP) is 2.72. The predicted molar refractivity (Wildman–Crippen MR) is 113 cm³/mol. The number of hydrogen-bond acceptors (Lipinski definition) is 4. The molecule has 4 aliphatic heterocycles. The molecule has 2 bridgehead atoms. The highest BCUT2D eigenvalue weighted by Gasteiger charge is 2.40. The summed E-state index contributed by atoms with van der Waals surface area (Å²) in [5.41, 5.74) is 1.07. The summed E-state index contributed by atoms with van der Waals surface area (Å²) in [5, 5.41) is 0. The number of aryl methyl sites for hydroxylation is 1. The van der Waals surface area contributed by atoms with Crippen LogP contribution in [0, 0.1) is 24.7 Å². The zero-order valence-corrected chi connectivity index (χ0v) is 18.1. The van der Waals surface area contributed by atoms with Crippen molar-refractivity contribution >= 4 is 10.0 Å². The fraction of sp³-hybridized carbons (Fsp3) is 0.727. The number of fused-ring (bicyclic) bond motifs is 3. The molecule has 28 heavy (non-hydrogen) atoms. The Balaban J connectivity index is 1.30. The van der Waals surface area contributed by atoms with Gasteiger partial charge in [0.05, 0.1) is 4.90 Å². The van der Waals surface area contributed by atoms with Crippen LogP contribution < -0.4 is 4.72 Å². The minimum atomic E-state index is -3.42. The first-order valence-corrected chi connectivity index (χ1v) is 12.4. The van der Waals surface area contributed by atoms with Crippen LogP contribution in [0.2, 0.25) is 0 Å². The number of nitrogens with zero attached hydrogens (tertiary/aromatic N) is 2. The quantitative estimate of drug-likeness (QED) is 0.791. The monoisotopic (exact) mass is 405 g/mol. The third-order valence-electron chi connectivity index (χ3n) is 7.22. The van der Waals surface area contributed by atoms with E-state index >= 15 is 0 Å². The van der Waals surface area contributed by atoms with Crippen LogP contribution in [0.3, 0.4) is 0 Å². The summed E-state index contributed by atoms with van der Waals surface area (Å²) >= 11 is 0. The minimum Gasteiger partial charge on any atom is -0.303 e. The Morgan fingerprint density at radius 3 is 2.43 bits per heavy atom. The van der Waals surface area contributed by atoms with Gasteiger partial charge in [0.1, 0.15) is 0 Å². The summed E-state index contributed by atoms with van der Waals surface area (Å²) in [7, 11) is -3.42. The molecule has 0 aliphatic carbocycles. The van der Waals surface area contributed by atoms with Gasteiger partial charge in [0, 0.05) is 25.7 Å². The van der Waals surface area contributed by atoms with Gasteiger partial charge in [0.2, 0.25) is 10.0 Å². The zero-order chi connectivity index (χ0) is 19.7. The van der Waals surface area contributed by atoms with Crippen molar-refractivity contribution in [1.82, 2.24) is 14.5 Å². The Hall–Kier alpha value is -0.950. The molecule has 1 N–H and O–H groups in total. The Morgan fingerprint density at radius 2 is 1.79 bits per heavy atom. The van der Waals surface area contributed by atoms with Gasteiger partial charge in [-0.05, 0) is 82.1 Å². The minimum absolute atomic E-state index is 0.344. The van der Waals surface area contributed by atoms with E-state index in [1.807, 2.05) is 19.1 Å². The molecule has 5 rings (SSSR count). The van der Waals surface area contributed by atoms with Gasteiger partial charge in [-0.1, -0.05) is 24.6 Å². The highest BCUT2D eigenvalue weighted by atomic mass is 32.2. The Bertz CT molecular complexity index is 756. The molecule has 156 valence electrons. The van der Waals surface area contributed by atoms with Gasteiger partial charge in [-0.15, -0.1) is 0 Å². The molecule has 1 aromatic carbocycles. The second-order valence-electron chi connectivity index (χ2n) is 9.34. The second-order valence-corrected chi connectivity index (χ2v) is 11.1. The van der Waals surface area contributed by atoms with Crippen molar-refractivity contribution in [3.63, 3.8) is 0 Å². The summed E-state index contributed by atoms with van der Waals surface area (Å²) in [6.07, 6.45) is 5.08. The molecule has 1 aromatic rings. The zero-order valence-electron chi connectivity index (χ0n) is 17.3. The van der Waals surface area contributed by atoms with Crippen LogP contribution in [0.15, 0.2) is 29.2 Å². The number of benzene rings is 1. The maximum absolute atomic E-state index is 12.6. The smallest absolute Gasteiger partial charge is 0.240 e. The van der Waals surface area contributed by atoms with Crippen LogP contribution >= 0.6 is 0 Å². The molecule has 4 aliphatic rings. The number of piperidine rings is 4. The molecule has 4 atom stereocenters. The molecular formula is C22H35N3O2S. The van der Waals surface area contributed by atoms with Crippen molar-refractivity contribution in [2.45, 2.75) is 50.5 Å². The molecule has 5 nitrogen and oxygen atoms in total. The molecule has 4 saturated heterocycles. The summed E-state index contributed by atoms with van der Waals surface area (Å²) < 4.78 is 28.1. The number of likely N-dealkylation sites (tertiary alicyclic amines) is 1. The second kappa shape index (κ2) is 8.42. The highest BCUT2D eigenvalue weighted by molar-refractivity contribution is 7.89. The molecule has 6 heteroatoms. The molecule has 0 amide bonds. The van der Waals surface area contributed by atoms with E-state index in [0.717, 1.165) is 42.8 Å². The summed E-state index contributed by atoms with van der Waals surface area (Å²) in [6, 6.07) is 7.44. The third kappa shape index (κ3) is 4.61. The third-order valence-corrected chi connectivity index (χ3v) is 8.66. The Morgan fingerprint density at radius 1 is 1.07 bits per heavy atom. The van der Waals surface area contributed by atoms with Crippen LogP contribution in [0.5, 0.6) is 0 Å². The van der Waals surface area contributed by atoms with Crippen LogP contribution in [0.1, 0.15) is 38.2 Å². The largest absolute Gasteiger partial charge is 0.303 e. The van der Waals surface area contributed by atoms with E-state index in [1.54, 1.807) is 12.1 Å². The normalized spacial score (nSPS) is 31.9. The van der Waals surface area contributed by atoms with E-state index in [2.05, 4.69) is 21.4 Å². The lowest BCUT2D eigenvalue weighted by Gasteiger charge is -2.51. The van der Waals surface area contributed by atoms with Crippen molar-refractivity contribution in [2.75, 3.05) is 39.3 Å². The van der Waals surface area contributed by atoms with E-state index in [9.17, 15) is 8.42 Å². The van der Waals surface area contributed by atoms with Gasteiger partial charge in [0.15, 0.2) is 0 Å². The van der Waals surface area contributed by atoms with Gasteiger partial charge in [-0.25, -0.2) is 13.1 Å². The van der Waals surface area contributed by atoms with Gasteiger partial charge in [0.25, 0.3) is 0 Å². The SMILES string of the molecule is Cc1ccc(S(=O)(=O)NCC2CC3CCN2CC3CN2CCC(C)CC2)cc1. The molecule has 0 radical (unpaired) electrons. The lowest BCUT2D eigenvalue weighted by atomic mass is 9.75. The molecule has 4 fully saturated rings. The summed E-state index contributed by atoms with van der Waals surface area (Å²) in [4.78, 5) is 5.57. The van der Waals surface area contributed by atoms with E-state index < -0.39 is 10.0 Å². The van der Waals surface area contributed by atoms with Crippen LogP contribution in [0.4, 0.5) is 0 Å². The fourth-order valence-electron chi connectivity index (χ4n) is 5.25. The summed E-state index contributed by atoms with van der Waals surface area (Å²) in [5.74, 6) is 2.39. The maximum atomic E-state index is 12.6. The number of hydrogen-bond donors (Lipinski definition) is 1. The first kappa shape index (κ1) is 20.3. The number of nitrogens with one attached hydrogen (secondary N) is 1. The Labute approximate surface area is 170 Å². The van der Waals surface area contributed by atoms with E-state index in [4.69, 9.17) is 0 Å². The van der Waals surface area contributed by atoms with Crippen LogP contribution in [-0.4, -0.2) is 63.5 Å². The molecular weight excluding hydrogens is 370 g/mol. The van der Waals surface area contributed by atoms with E-state index in [-0.39, 0.29) is 0 Å². The van der Waals surface area contributed by atoms with Gasteiger partial charge >= 0.3 is 0 Å². The molecule has 4 unspecified atom stereocenters. The van der Waals surface area contributed by atoms with Crippen molar-refractivity contribution in [1.29, 1.82) is 0 Å². The average Bonchev–Trinajstić information content (AvgIpc) is 2.69. The molecule has 0 aromatic heterocycles. The van der Waals surface area contributed by atoms with Gasteiger partial charge in [-0.2, -0.15) is 0 Å². The standard InChI is InChI=1S/C22H35N3O2S/c1-17-3-5-22(6-4-17)28(26,27)23-14-21-13-19-9-12-25(21)16-20(19)15-24-10-7-18(2)8-11-24/h3-6,18-21,23H,7-16H2,1-2H3. The van der Waals surface area contributed by atoms with Crippen LogP contribution in [-0.2, 0) is 10.0 Å². The van der Waals surface area contributed by atoms with Crippen molar-refractivity contribution in [3.8, 4) is 0 Å². The molecule has 0 spiro atoms. The molecule has 4 heterocycles. The lowest BCUT2D eigenvalue weighted by molar-refractivity contribution is -0.0136. The van der Waals surface area contributed by atoms with E-state index in [1.165, 1.54) is 38.9 Å². The van der Waals surface area contributed by atoms with Gasteiger partial charge in [-0.3, -0.25) is 4.90 Å². The summed E-state index contributed by atoms with van der Waals surface area (Å²) in [6.45, 7) is 10.9. The average molecular weight is 406 g/mol. The molecule has 0 saturated carbocycles. The maximum Gasteiger partial charge on any atom is 0.240 e. The topological polar surface area (TPSA) is 52.7 Å². The van der Waals surface area contributed by atoms with Crippen molar-refractivity contribution in [3.05, 3.63) is 29.8 Å².